The number of hydrogen-bond donors (Lipinski definition) is 0. The molecule has 0 saturated heterocycles. The molecule has 0 aliphatic heterocycles. The molecule has 0 radical (unpaired) electrons. The van der Waals surface area contributed by atoms with Crippen LogP contribution in [0.5, 0.6) is 0 Å². The van der Waals surface area contributed by atoms with Crippen LogP contribution in [0.4, 0.5) is 0 Å². The lowest BCUT2D eigenvalue weighted by atomic mass is 10.2. The van der Waals surface area contributed by atoms with Gasteiger partial charge in [-0.15, -0.1) is 0 Å². The minimum atomic E-state index is -0.381. The molecule has 0 aromatic heterocycles. The van der Waals surface area contributed by atoms with Gasteiger partial charge in [0, 0.05) is 12.6 Å². The molecule has 15 heavy (non-hydrogen) atoms. The van der Waals surface area contributed by atoms with Gasteiger partial charge in [0.1, 0.15) is 5.70 Å². The third-order valence-electron chi connectivity index (χ3n) is 1.95. The van der Waals surface area contributed by atoms with E-state index in [4.69, 9.17) is 0 Å². The fraction of sp³-hybridized carbons (Fsp3) is 0.556. The fourth-order valence-electron chi connectivity index (χ4n) is 1.05. The first-order valence-corrected chi connectivity index (χ1v) is 6.65. The predicted octanol–water partition coefficient (Wildman–Crippen LogP) is 3.16. The zero-order chi connectivity index (χ0) is 12.2. The molecule has 0 fully saturated rings. The molecule has 0 spiro atoms. The van der Waals surface area contributed by atoms with Gasteiger partial charge in [-0.1, -0.05) is 45.1 Å². The van der Waals surface area contributed by atoms with Crippen molar-refractivity contribution in [1.82, 2.24) is 4.90 Å². The Hall–Kier alpha value is -0.110. The summed E-state index contributed by atoms with van der Waals surface area (Å²) in [6.07, 6.45) is 0. The van der Waals surface area contributed by atoms with Crippen molar-refractivity contribution < 1.29 is 4.92 Å². The molecular weight excluding hydrogens is 375 g/mol. The average molecular weight is 389 g/mol. The fourth-order valence-corrected chi connectivity index (χ4v) is 2.04. The summed E-state index contributed by atoms with van der Waals surface area (Å²) in [4.78, 5) is 12.4. The van der Waals surface area contributed by atoms with Crippen molar-refractivity contribution >= 4 is 38.5 Å². The Kier molecular flexibility index (Phi) is 6.42. The summed E-state index contributed by atoms with van der Waals surface area (Å²) in [5.41, 5.74) is 1.21. The second-order valence-electron chi connectivity index (χ2n) is 3.15. The standard InChI is InChI=1S/C9H14BrIN2O2/c1-6(2)9(13(14)15)8(5-10)12(4)7(3)11/h7H,1,5H2,2-4H3/b9-8+. The molecule has 1 atom stereocenters. The van der Waals surface area contributed by atoms with Crippen molar-refractivity contribution in [2.75, 3.05) is 12.4 Å². The molecule has 0 rings (SSSR count). The number of alkyl halides is 2. The van der Waals surface area contributed by atoms with Crippen molar-refractivity contribution in [2.24, 2.45) is 0 Å². The van der Waals surface area contributed by atoms with Crippen LogP contribution in [0.15, 0.2) is 23.5 Å². The molecule has 0 bridgehead atoms. The highest BCUT2D eigenvalue weighted by atomic mass is 127. The van der Waals surface area contributed by atoms with Gasteiger partial charge in [-0.25, -0.2) is 0 Å². The van der Waals surface area contributed by atoms with Gasteiger partial charge in [-0.05, 0) is 13.8 Å². The highest BCUT2D eigenvalue weighted by Gasteiger charge is 2.23. The lowest BCUT2D eigenvalue weighted by Crippen LogP contribution is -2.27. The highest BCUT2D eigenvalue weighted by molar-refractivity contribution is 14.1. The monoisotopic (exact) mass is 388 g/mol. The van der Waals surface area contributed by atoms with Crippen LogP contribution in [0.25, 0.3) is 0 Å². The summed E-state index contributed by atoms with van der Waals surface area (Å²) in [5, 5.41) is 11.3. The molecule has 0 amide bonds. The second-order valence-corrected chi connectivity index (χ2v) is 5.51. The molecule has 86 valence electrons. The number of nitro groups is 1. The third-order valence-corrected chi connectivity index (χ3v) is 3.31. The van der Waals surface area contributed by atoms with E-state index in [9.17, 15) is 10.1 Å². The van der Waals surface area contributed by atoms with Gasteiger partial charge in [-0.3, -0.25) is 10.1 Å². The Morgan fingerprint density at radius 2 is 2.20 bits per heavy atom. The maximum Gasteiger partial charge on any atom is 0.291 e. The Bertz CT molecular complexity index is 286. The van der Waals surface area contributed by atoms with Crippen molar-refractivity contribution in [1.29, 1.82) is 0 Å². The van der Waals surface area contributed by atoms with E-state index in [0.717, 1.165) is 0 Å². The molecule has 1 unspecified atom stereocenters. The number of hydrogen-bond acceptors (Lipinski definition) is 3. The number of rotatable bonds is 5. The normalized spacial score (nSPS) is 14.2. The van der Waals surface area contributed by atoms with Gasteiger partial charge in [0.15, 0.2) is 0 Å². The first-order valence-electron chi connectivity index (χ1n) is 4.29. The Labute approximate surface area is 112 Å². The van der Waals surface area contributed by atoms with E-state index < -0.39 is 0 Å². The first kappa shape index (κ1) is 14.9. The Balaban J connectivity index is 5.42. The van der Waals surface area contributed by atoms with Crippen LogP contribution in [0.2, 0.25) is 0 Å². The minimum Gasteiger partial charge on any atom is -0.360 e. The summed E-state index contributed by atoms with van der Waals surface area (Å²) < 4.78 is 0.185. The van der Waals surface area contributed by atoms with Gasteiger partial charge in [-0.2, -0.15) is 0 Å². The smallest absolute Gasteiger partial charge is 0.291 e. The molecule has 0 aromatic carbocycles. The number of nitrogens with zero attached hydrogens (tertiary/aromatic N) is 2. The van der Waals surface area contributed by atoms with Gasteiger partial charge in [0.25, 0.3) is 5.70 Å². The first-order chi connectivity index (χ1) is 6.82. The van der Waals surface area contributed by atoms with Gasteiger partial charge in [0.05, 0.1) is 14.3 Å². The molecule has 0 heterocycles. The molecule has 6 heteroatoms. The van der Waals surface area contributed by atoms with Crippen molar-refractivity contribution in [3.05, 3.63) is 33.7 Å². The van der Waals surface area contributed by atoms with Gasteiger partial charge < -0.3 is 4.90 Å². The van der Waals surface area contributed by atoms with Crippen LogP contribution in [-0.4, -0.2) is 26.2 Å². The largest absolute Gasteiger partial charge is 0.360 e. The molecule has 0 aromatic rings. The van der Waals surface area contributed by atoms with Crippen LogP contribution in [-0.2, 0) is 0 Å². The molecular formula is C9H14BrIN2O2. The summed E-state index contributed by atoms with van der Waals surface area (Å²) in [5.74, 6) is 0. The van der Waals surface area contributed by atoms with E-state index in [-0.39, 0.29) is 14.7 Å². The third kappa shape index (κ3) is 4.10. The lowest BCUT2D eigenvalue weighted by molar-refractivity contribution is -0.422. The molecule has 0 N–H and O–H groups in total. The highest BCUT2D eigenvalue weighted by Crippen LogP contribution is 2.22. The maximum atomic E-state index is 10.9. The minimum absolute atomic E-state index is 0.0953. The molecule has 0 saturated carbocycles. The van der Waals surface area contributed by atoms with E-state index in [2.05, 4.69) is 45.1 Å². The van der Waals surface area contributed by atoms with Crippen LogP contribution >= 0.6 is 38.5 Å². The summed E-state index contributed by atoms with van der Waals surface area (Å²) in [7, 11) is 1.83. The van der Waals surface area contributed by atoms with Gasteiger partial charge in [0.2, 0.25) is 0 Å². The van der Waals surface area contributed by atoms with E-state index in [1.807, 2.05) is 18.9 Å². The summed E-state index contributed by atoms with van der Waals surface area (Å²) in [6.45, 7) is 7.25. The predicted molar refractivity (Wildman–Crippen MR) is 73.9 cm³/mol. The summed E-state index contributed by atoms with van der Waals surface area (Å²) in [6, 6.07) is 0. The zero-order valence-corrected chi connectivity index (χ0v) is 12.7. The van der Waals surface area contributed by atoms with Crippen molar-refractivity contribution in [3.8, 4) is 0 Å². The molecule has 4 nitrogen and oxygen atoms in total. The van der Waals surface area contributed by atoms with Crippen LogP contribution in [0.1, 0.15) is 13.8 Å². The van der Waals surface area contributed by atoms with E-state index in [1.165, 1.54) is 0 Å². The molecule has 0 aliphatic rings. The average Bonchev–Trinajstić information content (AvgIpc) is 2.10. The van der Waals surface area contributed by atoms with Gasteiger partial charge >= 0.3 is 0 Å². The maximum absolute atomic E-state index is 10.9. The molecule has 0 aliphatic carbocycles. The zero-order valence-electron chi connectivity index (χ0n) is 8.96. The number of allylic oxidation sites excluding steroid dienone is 2. The van der Waals surface area contributed by atoms with Crippen LogP contribution < -0.4 is 0 Å². The Morgan fingerprint density at radius 3 is 2.40 bits per heavy atom. The van der Waals surface area contributed by atoms with E-state index in [0.29, 0.717) is 16.6 Å². The Morgan fingerprint density at radius 1 is 1.73 bits per heavy atom. The topological polar surface area (TPSA) is 46.4 Å². The van der Waals surface area contributed by atoms with E-state index >= 15 is 0 Å². The van der Waals surface area contributed by atoms with Crippen molar-refractivity contribution in [3.63, 3.8) is 0 Å². The SMILES string of the molecule is C=C(C)/C(=C(/CBr)N(C)C(C)I)[N+](=O)[O-]. The van der Waals surface area contributed by atoms with Crippen molar-refractivity contribution in [2.45, 2.75) is 17.9 Å². The van der Waals surface area contributed by atoms with Crippen LogP contribution in [0.3, 0.4) is 0 Å². The lowest BCUT2D eigenvalue weighted by Gasteiger charge is -2.24. The quantitative estimate of drug-likeness (QED) is 0.181. The summed E-state index contributed by atoms with van der Waals surface area (Å²) >= 11 is 5.48. The second kappa shape index (κ2) is 6.47. The van der Waals surface area contributed by atoms with E-state index in [1.54, 1.807) is 6.92 Å². The number of halogens is 2. The van der Waals surface area contributed by atoms with Crippen LogP contribution in [0, 0.1) is 10.1 Å².